The molecular formula is C17H25N3O. The summed E-state index contributed by atoms with van der Waals surface area (Å²) in [6, 6.07) is 2.07. The molecule has 2 aliphatic carbocycles. The highest BCUT2D eigenvalue weighted by molar-refractivity contribution is 5.40. The van der Waals surface area contributed by atoms with Crippen LogP contribution in [0, 0.1) is 0 Å². The van der Waals surface area contributed by atoms with Gasteiger partial charge in [0.25, 0.3) is 0 Å². The number of anilines is 1. The summed E-state index contributed by atoms with van der Waals surface area (Å²) in [5.74, 6) is 2.74. The quantitative estimate of drug-likeness (QED) is 0.836. The van der Waals surface area contributed by atoms with Gasteiger partial charge in [0, 0.05) is 25.2 Å². The molecule has 4 nitrogen and oxygen atoms in total. The number of hydrogen-bond donors (Lipinski definition) is 0. The second-order valence-electron chi connectivity index (χ2n) is 7.66. The molecule has 1 spiro atoms. The van der Waals surface area contributed by atoms with Gasteiger partial charge in [-0.25, -0.2) is 9.97 Å². The van der Waals surface area contributed by atoms with E-state index in [1.54, 1.807) is 0 Å². The molecule has 0 aromatic carbocycles. The number of hydrogen-bond acceptors (Lipinski definition) is 4. The molecule has 4 heteroatoms. The molecule has 3 aliphatic rings. The average molecular weight is 287 g/mol. The first-order valence-electron chi connectivity index (χ1n) is 8.33. The van der Waals surface area contributed by atoms with Gasteiger partial charge in [0.2, 0.25) is 0 Å². The maximum Gasteiger partial charge on any atom is 0.133 e. The molecule has 3 fully saturated rings. The molecule has 1 aromatic heterocycles. The molecule has 0 atom stereocenters. The summed E-state index contributed by atoms with van der Waals surface area (Å²) in [4.78, 5) is 11.7. The monoisotopic (exact) mass is 287 g/mol. The summed E-state index contributed by atoms with van der Waals surface area (Å²) in [7, 11) is 0. The zero-order valence-electron chi connectivity index (χ0n) is 13.1. The summed E-state index contributed by atoms with van der Waals surface area (Å²) < 4.78 is 6.48. The largest absolute Gasteiger partial charge is 0.365 e. The van der Waals surface area contributed by atoms with Gasteiger partial charge in [-0.1, -0.05) is 12.8 Å². The lowest BCUT2D eigenvalue weighted by Gasteiger charge is -2.49. The minimum absolute atomic E-state index is 0.0481. The van der Waals surface area contributed by atoms with Crippen LogP contribution < -0.4 is 4.90 Å². The number of nitrogens with zero attached hydrogens (tertiary/aromatic N) is 3. The fraction of sp³-hybridized carbons (Fsp3) is 0.765. The van der Waals surface area contributed by atoms with Crippen molar-refractivity contribution in [3.05, 3.63) is 18.1 Å². The smallest absolute Gasteiger partial charge is 0.133 e. The van der Waals surface area contributed by atoms with E-state index in [0.717, 1.165) is 24.7 Å². The van der Waals surface area contributed by atoms with Gasteiger partial charge in [-0.05, 0) is 45.6 Å². The molecule has 0 unspecified atom stereocenters. The van der Waals surface area contributed by atoms with Gasteiger partial charge in [-0.15, -0.1) is 0 Å². The molecule has 1 aromatic rings. The van der Waals surface area contributed by atoms with Crippen LogP contribution in [0.25, 0.3) is 0 Å². The molecule has 0 radical (unpaired) electrons. The van der Waals surface area contributed by atoms with Crippen LogP contribution in [0.4, 0.5) is 5.82 Å². The van der Waals surface area contributed by atoms with Crippen molar-refractivity contribution in [3.8, 4) is 0 Å². The van der Waals surface area contributed by atoms with E-state index >= 15 is 0 Å². The normalized spacial score (nSPS) is 27.2. The van der Waals surface area contributed by atoms with E-state index in [-0.39, 0.29) is 11.2 Å². The Bertz CT molecular complexity index is 533. The highest BCUT2D eigenvalue weighted by atomic mass is 16.5. The molecular weight excluding hydrogens is 262 g/mol. The standard InChI is InChI=1S/C17H25N3O/c1-16(2)11-20(12-17(21-16)8-3-4-9-17)14-7-10-18-15(19-14)13-5-6-13/h7,10,13H,3-6,8-9,11-12H2,1-2H3. The summed E-state index contributed by atoms with van der Waals surface area (Å²) in [6.45, 7) is 6.32. The van der Waals surface area contributed by atoms with Crippen LogP contribution in [0.2, 0.25) is 0 Å². The summed E-state index contributed by atoms with van der Waals surface area (Å²) >= 11 is 0. The number of ether oxygens (including phenoxy) is 1. The Kier molecular flexibility index (Phi) is 3.00. The summed E-state index contributed by atoms with van der Waals surface area (Å²) in [5.41, 5.74) is -0.0558. The van der Waals surface area contributed by atoms with Crippen LogP contribution in [-0.2, 0) is 4.74 Å². The van der Waals surface area contributed by atoms with Crippen LogP contribution >= 0.6 is 0 Å². The molecule has 2 heterocycles. The maximum atomic E-state index is 6.48. The molecule has 114 valence electrons. The Balaban J connectivity index is 1.62. The first kappa shape index (κ1) is 13.5. The lowest BCUT2D eigenvalue weighted by molar-refractivity contribution is -0.148. The minimum atomic E-state index is -0.104. The van der Waals surface area contributed by atoms with Crippen molar-refractivity contribution in [1.29, 1.82) is 0 Å². The first-order valence-corrected chi connectivity index (χ1v) is 8.33. The summed E-state index contributed by atoms with van der Waals surface area (Å²) in [5, 5.41) is 0. The predicted molar refractivity (Wildman–Crippen MR) is 82.6 cm³/mol. The third kappa shape index (κ3) is 2.66. The highest BCUT2D eigenvalue weighted by Gasteiger charge is 2.46. The second-order valence-corrected chi connectivity index (χ2v) is 7.66. The van der Waals surface area contributed by atoms with E-state index in [4.69, 9.17) is 9.72 Å². The molecule has 4 rings (SSSR count). The minimum Gasteiger partial charge on any atom is -0.365 e. The summed E-state index contributed by atoms with van der Waals surface area (Å²) in [6.07, 6.45) is 9.40. The zero-order chi connectivity index (χ0) is 14.5. The van der Waals surface area contributed by atoms with Crippen LogP contribution in [0.1, 0.15) is 64.1 Å². The van der Waals surface area contributed by atoms with Gasteiger partial charge < -0.3 is 9.64 Å². The van der Waals surface area contributed by atoms with Crippen molar-refractivity contribution >= 4 is 5.82 Å². The molecule has 0 N–H and O–H groups in total. The van der Waals surface area contributed by atoms with Crippen LogP contribution in [0.3, 0.4) is 0 Å². The second kappa shape index (κ2) is 4.67. The van der Waals surface area contributed by atoms with E-state index in [1.807, 2.05) is 6.20 Å². The number of rotatable bonds is 2. The topological polar surface area (TPSA) is 38.2 Å². The average Bonchev–Trinajstić information content (AvgIpc) is 3.20. The lowest BCUT2D eigenvalue weighted by Crippen LogP contribution is -2.59. The lowest BCUT2D eigenvalue weighted by atomic mass is 9.94. The van der Waals surface area contributed by atoms with Gasteiger partial charge in [0.05, 0.1) is 11.2 Å². The Labute approximate surface area is 126 Å². The Hall–Kier alpha value is -1.16. The number of aromatic nitrogens is 2. The van der Waals surface area contributed by atoms with Gasteiger partial charge in [-0.3, -0.25) is 0 Å². The van der Waals surface area contributed by atoms with Crippen molar-refractivity contribution in [2.24, 2.45) is 0 Å². The van der Waals surface area contributed by atoms with E-state index in [2.05, 4.69) is 29.8 Å². The van der Waals surface area contributed by atoms with Gasteiger partial charge >= 0.3 is 0 Å². The fourth-order valence-electron chi connectivity index (χ4n) is 4.03. The van der Waals surface area contributed by atoms with Crippen molar-refractivity contribution in [2.45, 2.75) is 69.5 Å². The predicted octanol–water partition coefficient (Wildman–Crippen LogP) is 3.28. The zero-order valence-corrected chi connectivity index (χ0v) is 13.1. The third-order valence-electron chi connectivity index (χ3n) is 4.98. The molecule has 1 saturated heterocycles. The van der Waals surface area contributed by atoms with E-state index < -0.39 is 0 Å². The SMILES string of the molecule is CC1(C)CN(c2ccnc(C3CC3)n2)CC2(CCCC2)O1. The van der Waals surface area contributed by atoms with Crippen molar-refractivity contribution in [1.82, 2.24) is 9.97 Å². The number of morpholine rings is 1. The van der Waals surface area contributed by atoms with E-state index in [1.165, 1.54) is 38.5 Å². The first-order chi connectivity index (χ1) is 10.1. The maximum absolute atomic E-state index is 6.48. The molecule has 2 saturated carbocycles. The van der Waals surface area contributed by atoms with Crippen molar-refractivity contribution < 1.29 is 4.74 Å². The highest BCUT2D eigenvalue weighted by Crippen LogP contribution is 2.42. The Morgan fingerprint density at radius 3 is 2.67 bits per heavy atom. The third-order valence-corrected chi connectivity index (χ3v) is 4.98. The molecule has 21 heavy (non-hydrogen) atoms. The van der Waals surface area contributed by atoms with E-state index in [9.17, 15) is 0 Å². The van der Waals surface area contributed by atoms with Crippen LogP contribution in [-0.4, -0.2) is 34.3 Å². The van der Waals surface area contributed by atoms with Gasteiger partial charge in [0.15, 0.2) is 0 Å². The Morgan fingerprint density at radius 1 is 1.19 bits per heavy atom. The van der Waals surface area contributed by atoms with Gasteiger partial charge in [-0.2, -0.15) is 0 Å². The molecule has 0 bridgehead atoms. The molecule has 1 aliphatic heterocycles. The van der Waals surface area contributed by atoms with Crippen LogP contribution in [0.5, 0.6) is 0 Å². The fourth-order valence-corrected chi connectivity index (χ4v) is 4.03. The van der Waals surface area contributed by atoms with Gasteiger partial charge in [0.1, 0.15) is 11.6 Å². The van der Waals surface area contributed by atoms with Crippen molar-refractivity contribution in [2.75, 3.05) is 18.0 Å². The molecule has 0 amide bonds. The Morgan fingerprint density at radius 2 is 1.95 bits per heavy atom. The van der Waals surface area contributed by atoms with Crippen molar-refractivity contribution in [3.63, 3.8) is 0 Å². The van der Waals surface area contributed by atoms with Crippen LogP contribution in [0.15, 0.2) is 12.3 Å². The van der Waals surface area contributed by atoms with E-state index in [0.29, 0.717) is 5.92 Å².